The van der Waals surface area contributed by atoms with Crippen molar-refractivity contribution in [2.24, 2.45) is 0 Å². The molecule has 0 amide bonds. The minimum atomic E-state index is -0.0371. The van der Waals surface area contributed by atoms with Crippen LogP contribution in [0.5, 0.6) is 0 Å². The molecule has 8 heteroatoms. The first-order valence-corrected chi connectivity index (χ1v) is 10.3. The number of aromatic nitrogens is 3. The zero-order valence-corrected chi connectivity index (χ0v) is 17.5. The van der Waals surface area contributed by atoms with Gasteiger partial charge in [0, 0.05) is 56.1 Å². The zero-order chi connectivity index (χ0) is 20.4. The standard InChI is InChI=1S/C21H25ClN6O/c1-3-8-28-19(29)11-14(2)16-13-24-21(26-20(16)28)25-15-4-5-18(17(22)12-15)27-9-6-23-7-10-27/h4-5,11-13,23H,3,6-10H2,1-2H3,(H,24,25,26). The summed E-state index contributed by atoms with van der Waals surface area (Å²) in [6, 6.07) is 7.53. The molecular formula is C21H25ClN6O. The minimum Gasteiger partial charge on any atom is -0.368 e. The van der Waals surface area contributed by atoms with Gasteiger partial charge >= 0.3 is 0 Å². The quantitative estimate of drug-likeness (QED) is 0.669. The normalized spacial score (nSPS) is 14.4. The van der Waals surface area contributed by atoms with Gasteiger partial charge in [-0.15, -0.1) is 0 Å². The minimum absolute atomic E-state index is 0.0371. The van der Waals surface area contributed by atoms with Gasteiger partial charge < -0.3 is 15.5 Å². The average molecular weight is 413 g/mol. The molecule has 152 valence electrons. The average Bonchev–Trinajstić information content (AvgIpc) is 2.72. The fourth-order valence-corrected chi connectivity index (χ4v) is 3.98. The molecule has 7 nitrogen and oxygen atoms in total. The van der Waals surface area contributed by atoms with Crippen LogP contribution in [0.4, 0.5) is 17.3 Å². The van der Waals surface area contributed by atoms with Crippen molar-refractivity contribution < 1.29 is 0 Å². The summed E-state index contributed by atoms with van der Waals surface area (Å²) in [6.45, 7) is 8.37. The van der Waals surface area contributed by atoms with E-state index < -0.39 is 0 Å². The highest BCUT2D eigenvalue weighted by Gasteiger charge is 2.14. The van der Waals surface area contributed by atoms with Crippen molar-refractivity contribution in [3.05, 3.63) is 51.4 Å². The fourth-order valence-electron chi connectivity index (χ4n) is 3.68. The van der Waals surface area contributed by atoms with Crippen molar-refractivity contribution in [1.29, 1.82) is 0 Å². The second kappa shape index (κ2) is 8.39. The Bertz CT molecular complexity index is 1090. The van der Waals surface area contributed by atoms with Crippen LogP contribution in [-0.2, 0) is 6.54 Å². The van der Waals surface area contributed by atoms with E-state index in [-0.39, 0.29) is 5.56 Å². The van der Waals surface area contributed by atoms with Gasteiger partial charge in [0.2, 0.25) is 5.95 Å². The lowest BCUT2D eigenvalue weighted by Crippen LogP contribution is -2.43. The highest BCUT2D eigenvalue weighted by atomic mass is 35.5. The lowest BCUT2D eigenvalue weighted by Gasteiger charge is -2.30. The van der Waals surface area contributed by atoms with Crippen LogP contribution in [0.2, 0.25) is 5.02 Å². The van der Waals surface area contributed by atoms with E-state index in [1.54, 1.807) is 16.8 Å². The van der Waals surface area contributed by atoms with E-state index in [1.807, 2.05) is 32.0 Å². The number of nitrogens with zero attached hydrogens (tertiary/aromatic N) is 4. The fraction of sp³-hybridized carbons (Fsp3) is 0.381. The first-order valence-electron chi connectivity index (χ1n) is 9.96. The summed E-state index contributed by atoms with van der Waals surface area (Å²) >= 11 is 6.54. The van der Waals surface area contributed by atoms with Crippen LogP contribution in [0.1, 0.15) is 18.9 Å². The summed E-state index contributed by atoms with van der Waals surface area (Å²) in [5, 5.41) is 8.14. The van der Waals surface area contributed by atoms with Gasteiger partial charge in [-0.05, 0) is 37.1 Å². The number of pyridine rings is 1. The Morgan fingerprint density at radius 1 is 1.24 bits per heavy atom. The number of nitrogens with one attached hydrogen (secondary N) is 2. The molecule has 0 spiro atoms. The number of halogens is 1. The first kappa shape index (κ1) is 19.7. The van der Waals surface area contributed by atoms with E-state index >= 15 is 0 Å². The van der Waals surface area contributed by atoms with Crippen molar-refractivity contribution in [1.82, 2.24) is 19.9 Å². The van der Waals surface area contributed by atoms with Crippen molar-refractivity contribution in [2.45, 2.75) is 26.8 Å². The van der Waals surface area contributed by atoms with Crippen LogP contribution in [0.3, 0.4) is 0 Å². The number of benzene rings is 1. The number of anilines is 3. The monoisotopic (exact) mass is 412 g/mol. The molecule has 1 aliphatic heterocycles. The smallest absolute Gasteiger partial charge is 0.252 e. The summed E-state index contributed by atoms with van der Waals surface area (Å²) in [5.41, 5.74) is 3.34. The van der Waals surface area contributed by atoms with Gasteiger partial charge in [0.05, 0.1) is 10.7 Å². The Balaban J connectivity index is 1.64. The van der Waals surface area contributed by atoms with Crippen molar-refractivity contribution >= 4 is 40.0 Å². The Hall–Kier alpha value is -2.64. The summed E-state index contributed by atoms with van der Waals surface area (Å²) in [4.78, 5) is 23.7. The number of piperazine rings is 1. The molecule has 0 unspecified atom stereocenters. The molecule has 3 aromatic rings. The van der Waals surface area contributed by atoms with E-state index in [1.165, 1.54) is 0 Å². The first-order chi connectivity index (χ1) is 14.1. The predicted molar refractivity (Wildman–Crippen MR) is 119 cm³/mol. The molecule has 29 heavy (non-hydrogen) atoms. The molecule has 0 radical (unpaired) electrons. The van der Waals surface area contributed by atoms with Gasteiger partial charge in [-0.1, -0.05) is 18.5 Å². The molecule has 1 aromatic carbocycles. The van der Waals surface area contributed by atoms with Crippen molar-refractivity contribution in [3.8, 4) is 0 Å². The zero-order valence-electron chi connectivity index (χ0n) is 16.7. The van der Waals surface area contributed by atoms with Crippen molar-refractivity contribution in [2.75, 3.05) is 36.4 Å². The topological polar surface area (TPSA) is 75.1 Å². The van der Waals surface area contributed by atoms with Crippen molar-refractivity contribution in [3.63, 3.8) is 0 Å². The molecule has 0 aliphatic carbocycles. The Kier molecular flexibility index (Phi) is 5.69. The van der Waals surface area contributed by atoms with Gasteiger partial charge in [0.1, 0.15) is 5.65 Å². The third-order valence-electron chi connectivity index (χ3n) is 5.16. The maximum atomic E-state index is 12.4. The lowest BCUT2D eigenvalue weighted by molar-refractivity contribution is 0.589. The molecule has 0 bridgehead atoms. The van der Waals surface area contributed by atoms with Gasteiger partial charge in [-0.3, -0.25) is 9.36 Å². The summed E-state index contributed by atoms with van der Waals surface area (Å²) < 4.78 is 1.70. The molecule has 0 atom stereocenters. The van der Waals surface area contributed by atoms with E-state index in [4.69, 9.17) is 11.6 Å². The molecule has 1 aliphatic rings. The number of hydrogen-bond donors (Lipinski definition) is 2. The molecule has 0 saturated carbocycles. The Labute approximate surface area is 174 Å². The largest absolute Gasteiger partial charge is 0.368 e. The molecular weight excluding hydrogens is 388 g/mol. The van der Waals surface area contributed by atoms with Gasteiger partial charge in [0.15, 0.2) is 0 Å². The van der Waals surface area contributed by atoms with E-state index in [0.29, 0.717) is 23.2 Å². The lowest BCUT2D eigenvalue weighted by atomic mass is 10.2. The van der Waals surface area contributed by atoms with Gasteiger partial charge in [0.25, 0.3) is 5.56 Å². The SMILES string of the molecule is CCCn1c(=O)cc(C)c2cnc(Nc3ccc(N4CCNCC4)c(Cl)c3)nc21. The van der Waals surface area contributed by atoms with Crippen LogP contribution in [0, 0.1) is 6.92 Å². The molecule has 3 heterocycles. The third-order valence-corrected chi connectivity index (χ3v) is 5.47. The van der Waals surface area contributed by atoms with Gasteiger partial charge in [-0.25, -0.2) is 4.98 Å². The molecule has 2 N–H and O–H groups in total. The van der Waals surface area contributed by atoms with Crippen LogP contribution in [0.15, 0.2) is 35.3 Å². The second-order valence-corrected chi connectivity index (χ2v) is 7.68. The third kappa shape index (κ3) is 4.06. The maximum Gasteiger partial charge on any atom is 0.252 e. The molecule has 1 fully saturated rings. The van der Waals surface area contributed by atoms with E-state index in [0.717, 1.165) is 54.9 Å². The van der Waals surface area contributed by atoms with Gasteiger partial charge in [-0.2, -0.15) is 4.98 Å². The van der Waals surface area contributed by atoms with Crippen LogP contribution in [0.25, 0.3) is 11.0 Å². The van der Waals surface area contributed by atoms with E-state index in [2.05, 4.69) is 25.5 Å². The molecule has 2 aromatic heterocycles. The second-order valence-electron chi connectivity index (χ2n) is 7.28. The number of aryl methyl sites for hydroxylation is 2. The number of fused-ring (bicyclic) bond motifs is 1. The summed E-state index contributed by atoms with van der Waals surface area (Å²) in [6.07, 6.45) is 2.62. The Morgan fingerprint density at radius 3 is 2.76 bits per heavy atom. The highest BCUT2D eigenvalue weighted by molar-refractivity contribution is 6.33. The maximum absolute atomic E-state index is 12.4. The number of hydrogen-bond acceptors (Lipinski definition) is 6. The summed E-state index contributed by atoms with van der Waals surface area (Å²) in [7, 11) is 0. The molecule has 1 saturated heterocycles. The Morgan fingerprint density at radius 2 is 2.03 bits per heavy atom. The van der Waals surface area contributed by atoms with Crippen LogP contribution in [-0.4, -0.2) is 40.7 Å². The highest BCUT2D eigenvalue weighted by Crippen LogP contribution is 2.30. The van der Waals surface area contributed by atoms with Crippen LogP contribution >= 0.6 is 11.6 Å². The van der Waals surface area contributed by atoms with E-state index in [9.17, 15) is 4.79 Å². The number of rotatable bonds is 5. The molecule has 4 rings (SSSR count). The van der Waals surface area contributed by atoms with Crippen LogP contribution < -0.4 is 21.1 Å². The predicted octanol–water partition coefficient (Wildman–Crippen LogP) is 3.32. The summed E-state index contributed by atoms with van der Waals surface area (Å²) in [5.74, 6) is 0.443.